The molecule has 6 heteroatoms. The number of carboxylic acids is 1. The maximum atomic E-state index is 11.9. The van der Waals surface area contributed by atoms with Gasteiger partial charge in [-0.25, -0.2) is 0 Å². The molecular formula is C11H15N3O3. The third-order valence-corrected chi connectivity index (χ3v) is 3.19. The molecule has 2 rings (SSSR count). The van der Waals surface area contributed by atoms with E-state index in [1.165, 1.54) is 0 Å². The lowest BCUT2D eigenvalue weighted by Gasteiger charge is -2.15. The molecule has 2 atom stereocenters. The van der Waals surface area contributed by atoms with Gasteiger partial charge in [0.15, 0.2) is 0 Å². The molecule has 1 heterocycles. The van der Waals surface area contributed by atoms with Crippen molar-refractivity contribution in [2.24, 2.45) is 11.8 Å². The van der Waals surface area contributed by atoms with Crippen LogP contribution in [0.5, 0.6) is 0 Å². The van der Waals surface area contributed by atoms with E-state index in [1.807, 2.05) is 0 Å². The van der Waals surface area contributed by atoms with Gasteiger partial charge in [-0.1, -0.05) is 6.42 Å². The Morgan fingerprint density at radius 2 is 2.24 bits per heavy atom. The van der Waals surface area contributed by atoms with Crippen LogP contribution in [-0.4, -0.2) is 27.2 Å². The first-order chi connectivity index (χ1) is 8.18. The van der Waals surface area contributed by atoms with E-state index in [4.69, 9.17) is 5.11 Å². The number of rotatable bonds is 4. The molecule has 1 saturated carbocycles. The Balaban J connectivity index is 1.89. The van der Waals surface area contributed by atoms with E-state index in [0.717, 1.165) is 12.0 Å². The van der Waals surface area contributed by atoms with Gasteiger partial charge < -0.3 is 10.4 Å². The molecule has 0 radical (unpaired) electrons. The third kappa shape index (κ3) is 2.64. The highest BCUT2D eigenvalue weighted by Gasteiger charge is 2.37. The number of aromatic nitrogens is 2. The zero-order valence-corrected chi connectivity index (χ0v) is 9.35. The molecule has 0 aromatic carbocycles. The van der Waals surface area contributed by atoms with Gasteiger partial charge in [0.1, 0.15) is 0 Å². The van der Waals surface area contributed by atoms with Crippen molar-refractivity contribution in [3.05, 3.63) is 18.0 Å². The molecule has 6 nitrogen and oxygen atoms in total. The van der Waals surface area contributed by atoms with Crippen molar-refractivity contribution in [2.75, 3.05) is 0 Å². The second-order valence-electron chi connectivity index (χ2n) is 4.31. The number of carboxylic acid groups (broad SMARTS) is 1. The van der Waals surface area contributed by atoms with E-state index in [-0.39, 0.29) is 11.8 Å². The monoisotopic (exact) mass is 237 g/mol. The molecule has 1 aliphatic carbocycles. The van der Waals surface area contributed by atoms with E-state index in [2.05, 4.69) is 15.5 Å². The first-order valence-corrected chi connectivity index (χ1v) is 5.66. The summed E-state index contributed by atoms with van der Waals surface area (Å²) in [6, 6.07) is 0. The van der Waals surface area contributed by atoms with Crippen molar-refractivity contribution < 1.29 is 14.7 Å². The summed E-state index contributed by atoms with van der Waals surface area (Å²) in [5.41, 5.74) is 0.878. The van der Waals surface area contributed by atoms with Crippen molar-refractivity contribution in [2.45, 2.75) is 25.8 Å². The smallest absolute Gasteiger partial charge is 0.307 e. The molecule has 0 bridgehead atoms. The van der Waals surface area contributed by atoms with Crippen molar-refractivity contribution in [1.82, 2.24) is 15.5 Å². The Morgan fingerprint density at radius 3 is 2.88 bits per heavy atom. The number of amides is 1. The lowest BCUT2D eigenvalue weighted by molar-refractivity contribution is -0.146. The van der Waals surface area contributed by atoms with Gasteiger partial charge in [0.05, 0.1) is 18.0 Å². The normalized spacial score (nSPS) is 23.5. The SMILES string of the molecule is O=C(O)C1CCCC1C(=O)NCc1cn[nH]c1. The molecule has 0 spiro atoms. The van der Waals surface area contributed by atoms with Crippen LogP contribution in [0.25, 0.3) is 0 Å². The molecule has 1 fully saturated rings. The molecule has 0 aliphatic heterocycles. The Hall–Kier alpha value is -1.85. The topological polar surface area (TPSA) is 95.1 Å². The minimum atomic E-state index is -0.869. The van der Waals surface area contributed by atoms with Crippen molar-refractivity contribution >= 4 is 11.9 Å². The van der Waals surface area contributed by atoms with Crippen LogP contribution in [0.2, 0.25) is 0 Å². The largest absolute Gasteiger partial charge is 0.481 e. The van der Waals surface area contributed by atoms with E-state index >= 15 is 0 Å². The van der Waals surface area contributed by atoms with E-state index < -0.39 is 11.9 Å². The molecule has 2 unspecified atom stereocenters. The summed E-state index contributed by atoms with van der Waals surface area (Å²) < 4.78 is 0. The predicted octanol–water partition coefficient (Wildman–Crippen LogP) is 0.527. The first-order valence-electron chi connectivity index (χ1n) is 5.66. The number of H-pyrrole nitrogens is 1. The summed E-state index contributed by atoms with van der Waals surface area (Å²) in [6.45, 7) is 0.387. The number of nitrogens with zero attached hydrogens (tertiary/aromatic N) is 1. The molecule has 92 valence electrons. The third-order valence-electron chi connectivity index (χ3n) is 3.19. The maximum absolute atomic E-state index is 11.9. The van der Waals surface area contributed by atoms with E-state index in [9.17, 15) is 9.59 Å². The lowest BCUT2D eigenvalue weighted by Crippen LogP contribution is -2.34. The summed E-state index contributed by atoms with van der Waals surface area (Å²) in [4.78, 5) is 22.8. The second-order valence-corrected chi connectivity index (χ2v) is 4.31. The fourth-order valence-electron chi connectivity index (χ4n) is 2.26. The van der Waals surface area contributed by atoms with E-state index in [1.54, 1.807) is 12.4 Å². The molecule has 17 heavy (non-hydrogen) atoms. The van der Waals surface area contributed by atoms with Crippen molar-refractivity contribution in [3.63, 3.8) is 0 Å². The molecule has 1 aromatic rings. The van der Waals surface area contributed by atoms with Crippen molar-refractivity contribution in [1.29, 1.82) is 0 Å². The number of aliphatic carboxylic acids is 1. The average molecular weight is 237 g/mol. The summed E-state index contributed by atoms with van der Waals surface area (Å²) in [5.74, 6) is -1.96. The molecule has 0 saturated heterocycles. The number of nitrogens with one attached hydrogen (secondary N) is 2. The minimum Gasteiger partial charge on any atom is -0.481 e. The highest BCUT2D eigenvalue weighted by Crippen LogP contribution is 2.32. The lowest BCUT2D eigenvalue weighted by atomic mass is 9.95. The van der Waals surface area contributed by atoms with Gasteiger partial charge in [-0.3, -0.25) is 14.7 Å². The highest BCUT2D eigenvalue weighted by atomic mass is 16.4. The molecular weight excluding hydrogens is 222 g/mol. The van der Waals surface area contributed by atoms with Gasteiger partial charge in [-0.2, -0.15) is 5.10 Å². The first kappa shape index (κ1) is 11.6. The molecule has 3 N–H and O–H groups in total. The zero-order chi connectivity index (χ0) is 12.3. The summed E-state index contributed by atoms with van der Waals surface area (Å²) >= 11 is 0. The maximum Gasteiger partial charge on any atom is 0.307 e. The Morgan fingerprint density at radius 1 is 1.47 bits per heavy atom. The Bertz CT molecular complexity index is 402. The van der Waals surface area contributed by atoms with Crippen LogP contribution < -0.4 is 5.32 Å². The van der Waals surface area contributed by atoms with Crippen molar-refractivity contribution in [3.8, 4) is 0 Å². The van der Waals surface area contributed by atoms with Gasteiger partial charge >= 0.3 is 5.97 Å². The number of aromatic amines is 1. The van der Waals surface area contributed by atoms with Crippen LogP contribution in [-0.2, 0) is 16.1 Å². The van der Waals surface area contributed by atoms with E-state index in [0.29, 0.717) is 19.4 Å². The number of hydrogen-bond donors (Lipinski definition) is 3. The summed E-state index contributed by atoms with van der Waals surface area (Å²) in [5, 5.41) is 18.2. The van der Waals surface area contributed by atoms with Gasteiger partial charge in [0.25, 0.3) is 0 Å². The standard InChI is InChI=1S/C11H15N3O3/c15-10(12-4-7-5-13-14-6-7)8-2-1-3-9(8)11(16)17/h5-6,8-9H,1-4H2,(H,12,15)(H,13,14)(H,16,17). The zero-order valence-electron chi connectivity index (χ0n) is 9.35. The van der Waals surface area contributed by atoms with Crippen LogP contribution in [0.1, 0.15) is 24.8 Å². The highest BCUT2D eigenvalue weighted by molar-refractivity contribution is 5.85. The number of hydrogen-bond acceptors (Lipinski definition) is 3. The molecule has 1 aromatic heterocycles. The van der Waals surface area contributed by atoms with Crippen LogP contribution in [0.15, 0.2) is 12.4 Å². The predicted molar refractivity (Wildman–Crippen MR) is 58.9 cm³/mol. The summed E-state index contributed by atoms with van der Waals surface area (Å²) in [7, 11) is 0. The quantitative estimate of drug-likeness (QED) is 0.711. The summed E-state index contributed by atoms with van der Waals surface area (Å²) in [6.07, 6.45) is 5.39. The fraction of sp³-hybridized carbons (Fsp3) is 0.545. The minimum absolute atomic E-state index is 0.170. The molecule has 1 amide bonds. The van der Waals surface area contributed by atoms with Crippen LogP contribution in [0, 0.1) is 11.8 Å². The van der Waals surface area contributed by atoms with Crippen LogP contribution >= 0.6 is 0 Å². The van der Waals surface area contributed by atoms with Gasteiger partial charge in [-0.05, 0) is 12.8 Å². The Labute approximate surface area is 98.4 Å². The Kier molecular flexibility index (Phi) is 3.41. The van der Waals surface area contributed by atoms with Crippen LogP contribution in [0.3, 0.4) is 0 Å². The van der Waals surface area contributed by atoms with Crippen LogP contribution in [0.4, 0.5) is 0 Å². The average Bonchev–Trinajstić information content (AvgIpc) is 2.96. The van der Waals surface area contributed by atoms with Gasteiger partial charge in [0.2, 0.25) is 5.91 Å². The number of carbonyl (C=O) groups excluding carboxylic acids is 1. The second kappa shape index (κ2) is 4.99. The fourth-order valence-corrected chi connectivity index (χ4v) is 2.26. The molecule has 1 aliphatic rings. The van der Waals surface area contributed by atoms with Gasteiger partial charge in [0, 0.05) is 18.3 Å². The number of carbonyl (C=O) groups is 2. The van der Waals surface area contributed by atoms with Gasteiger partial charge in [-0.15, -0.1) is 0 Å².